The predicted octanol–water partition coefficient (Wildman–Crippen LogP) is 1.65. The van der Waals surface area contributed by atoms with Crippen molar-refractivity contribution in [1.29, 1.82) is 0 Å². The Morgan fingerprint density at radius 1 is 1.25 bits per heavy atom. The van der Waals surface area contributed by atoms with Crippen LogP contribution in [0.15, 0.2) is 0 Å². The number of carbonyl (C=O) groups excluding carboxylic acids is 1. The first-order chi connectivity index (χ1) is 9.59. The lowest BCUT2D eigenvalue weighted by atomic mass is 9.80. The number of carbonyl (C=O) groups is 1. The lowest BCUT2D eigenvalue weighted by Gasteiger charge is -2.32. The van der Waals surface area contributed by atoms with Crippen molar-refractivity contribution in [3.05, 3.63) is 0 Å². The van der Waals surface area contributed by atoms with E-state index in [9.17, 15) is 9.90 Å². The van der Waals surface area contributed by atoms with Gasteiger partial charge in [-0.05, 0) is 18.3 Å². The van der Waals surface area contributed by atoms with Gasteiger partial charge in [0.2, 0.25) is 0 Å². The molecule has 3 N–H and O–H groups in total. The average molecular weight is 284 g/mol. The minimum atomic E-state index is -0.798. The second-order valence-electron chi connectivity index (χ2n) is 6.42. The van der Waals surface area contributed by atoms with Crippen molar-refractivity contribution in [2.24, 2.45) is 11.8 Å². The lowest BCUT2D eigenvalue weighted by molar-refractivity contribution is -0.0600. The number of urea groups is 1. The highest BCUT2D eigenvalue weighted by atomic mass is 16.5. The van der Waals surface area contributed by atoms with Gasteiger partial charge in [0, 0.05) is 39.1 Å². The molecule has 1 aliphatic heterocycles. The Labute approximate surface area is 121 Å². The van der Waals surface area contributed by atoms with Crippen molar-refractivity contribution in [1.82, 2.24) is 10.6 Å². The van der Waals surface area contributed by atoms with Gasteiger partial charge in [-0.1, -0.05) is 26.2 Å². The zero-order chi connectivity index (χ0) is 14.4. The van der Waals surface area contributed by atoms with E-state index in [2.05, 4.69) is 17.6 Å². The first-order valence-corrected chi connectivity index (χ1v) is 7.91. The number of rotatable bonds is 4. The second-order valence-corrected chi connectivity index (χ2v) is 6.42. The minimum Gasteiger partial charge on any atom is -0.388 e. The first-order valence-electron chi connectivity index (χ1n) is 7.91. The van der Waals surface area contributed by atoms with Crippen LogP contribution in [0.5, 0.6) is 0 Å². The van der Waals surface area contributed by atoms with Crippen molar-refractivity contribution in [2.75, 3.05) is 26.3 Å². The highest BCUT2D eigenvalue weighted by Crippen LogP contribution is 2.28. The molecule has 1 saturated heterocycles. The van der Waals surface area contributed by atoms with E-state index >= 15 is 0 Å². The summed E-state index contributed by atoms with van der Waals surface area (Å²) in [7, 11) is 0. The Morgan fingerprint density at radius 2 is 1.95 bits per heavy atom. The molecule has 1 saturated carbocycles. The smallest absolute Gasteiger partial charge is 0.314 e. The molecule has 2 rings (SSSR count). The van der Waals surface area contributed by atoms with Crippen LogP contribution < -0.4 is 10.6 Å². The van der Waals surface area contributed by atoms with Gasteiger partial charge >= 0.3 is 6.03 Å². The molecular weight excluding hydrogens is 256 g/mol. The number of nitrogens with one attached hydrogen (secondary N) is 2. The lowest BCUT2D eigenvalue weighted by Crippen LogP contribution is -2.49. The van der Waals surface area contributed by atoms with Crippen LogP contribution in [0.2, 0.25) is 0 Å². The quantitative estimate of drug-likeness (QED) is 0.735. The summed E-state index contributed by atoms with van der Waals surface area (Å²) in [6, 6.07) is -0.164. The fourth-order valence-electron chi connectivity index (χ4n) is 3.16. The third-order valence-corrected chi connectivity index (χ3v) is 4.82. The maximum absolute atomic E-state index is 11.8. The fourth-order valence-corrected chi connectivity index (χ4v) is 3.16. The minimum absolute atomic E-state index is 0.164. The van der Waals surface area contributed by atoms with E-state index in [0.717, 1.165) is 6.54 Å². The Bertz CT molecular complexity index is 316. The van der Waals surface area contributed by atoms with Gasteiger partial charge in [0.25, 0.3) is 0 Å². The highest BCUT2D eigenvalue weighted by molar-refractivity contribution is 5.73. The van der Waals surface area contributed by atoms with E-state index in [1.165, 1.54) is 25.7 Å². The molecule has 2 aliphatic rings. The van der Waals surface area contributed by atoms with Crippen LogP contribution in [0.4, 0.5) is 4.79 Å². The maximum Gasteiger partial charge on any atom is 0.314 e. The van der Waals surface area contributed by atoms with Gasteiger partial charge in [0.1, 0.15) is 0 Å². The van der Waals surface area contributed by atoms with E-state index in [-0.39, 0.29) is 6.03 Å². The van der Waals surface area contributed by atoms with Crippen LogP contribution in [-0.4, -0.2) is 43.0 Å². The summed E-state index contributed by atoms with van der Waals surface area (Å²) in [5.41, 5.74) is -0.798. The SMILES string of the molecule is CC1CCCCC1CNC(=O)NCC1(O)CCOCC1. The van der Waals surface area contributed by atoms with Crippen molar-refractivity contribution in [3.8, 4) is 0 Å². The van der Waals surface area contributed by atoms with Crippen LogP contribution in [-0.2, 0) is 4.74 Å². The molecule has 0 aromatic heterocycles. The molecule has 0 spiro atoms. The van der Waals surface area contributed by atoms with E-state index in [1.54, 1.807) is 0 Å². The second kappa shape index (κ2) is 7.27. The van der Waals surface area contributed by atoms with E-state index in [1.807, 2.05) is 0 Å². The topological polar surface area (TPSA) is 70.6 Å². The van der Waals surface area contributed by atoms with E-state index in [0.29, 0.717) is 44.4 Å². The monoisotopic (exact) mass is 284 g/mol. The molecule has 2 atom stereocenters. The highest BCUT2D eigenvalue weighted by Gasteiger charge is 2.30. The van der Waals surface area contributed by atoms with Gasteiger partial charge in [-0.2, -0.15) is 0 Å². The summed E-state index contributed by atoms with van der Waals surface area (Å²) in [5.74, 6) is 1.30. The Morgan fingerprint density at radius 3 is 2.65 bits per heavy atom. The van der Waals surface area contributed by atoms with E-state index in [4.69, 9.17) is 4.74 Å². The predicted molar refractivity (Wildman–Crippen MR) is 77.5 cm³/mol. The van der Waals surface area contributed by atoms with Gasteiger partial charge < -0.3 is 20.5 Å². The molecule has 2 amide bonds. The molecule has 5 heteroatoms. The zero-order valence-corrected chi connectivity index (χ0v) is 12.5. The number of ether oxygens (including phenoxy) is 1. The number of amides is 2. The fraction of sp³-hybridized carbons (Fsp3) is 0.933. The Balaban J connectivity index is 1.64. The summed E-state index contributed by atoms with van der Waals surface area (Å²) in [6.07, 6.45) is 6.26. The summed E-state index contributed by atoms with van der Waals surface area (Å²) < 4.78 is 5.22. The molecule has 5 nitrogen and oxygen atoms in total. The third kappa shape index (κ3) is 4.63. The Hall–Kier alpha value is -0.810. The van der Waals surface area contributed by atoms with Crippen molar-refractivity contribution >= 4 is 6.03 Å². The first kappa shape index (κ1) is 15.6. The molecule has 2 fully saturated rings. The van der Waals surface area contributed by atoms with Crippen LogP contribution in [0, 0.1) is 11.8 Å². The summed E-state index contributed by atoms with van der Waals surface area (Å²) >= 11 is 0. The van der Waals surface area contributed by atoms with Gasteiger partial charge in [0.15, 0.2) is 0 Å². The van der Waals surface area contributed by atoms with Crippen LogP contribution >= 0.6 is 0 Å². The molecule has 0 aromatic rings. The van der Waals surface area contributed by atoms with Crippen molar-refractivity contribution in [2.45, 2.75) is 51.0 Å². The molecule has 0 radical (unpaired) electrons. The molecule has 2 unspecified atom stereocenters. The standard InChI is InChI=1S/C15H28N2O3/c1-12-4-2-3-5-13(12)10-16-14(18)17-11-15(19)6-8-20-9-7-15/h12-13,19H,2-11H2,1H3,(H2,16,17,18). The Kier molecular flexibility index (Phi) is 5.66. The molecule has 1 aliphatic carbocycles. The van der Waals surface area contributed by atoms with Crippen LogP contribution in [0.25, 0.3) is 0 Å². The summed E-state index contributed by atoms with van der Waals surface area (Å²) in [5, 5.41) is 16.0. The van der Waals surface area contributed by atoms with Crippen molar-refractivity contribution < 1.29 is 14.6 Å². The van der Waals surface area contributed by atoms with Crippen LogP contribution in [0.1, 0.15) is 45.4 Å². The van der Waals surface area contributed by atoms with Gasteiger partial charge in [-0.25, -0.2) is 4.79 Å². The zero-order valence-electron chi connectivity index (χ0n) is 12.5. The van der Waals surface area contributed by atoms with Gasteiger partial charge in [0.05, 0.1) is 5.60 Å². The maximum atomic E-state index is 11.8. The molecule has 116 valence electrons. The van der Waals surface area contributed by atoms with Gasteiger partial charge in [-0.15, -0.1) is 0 Å². The normalized spacial score (nSPS) is 29.7. The molecule has 0 aromatic carbocycles. The largest absolute Gasteiger partial charge is 0.388 e. The summed E-state index contributed by atoms with van der Waals surface area (Å²) in [6.45, 7) is 4.46. The third-order valence-electron chi connectivity index (χ3n) is 4.82. The summed E-state index contributed by atoms with van der Waals surface area (Å²) in [4.78, 5) is 11.8. The average Bonchev–Trinajstić information content (AvgIpc) is 2.45. The number of aliphatic hydroxyl groups is 1. The van der Waals surface area contributed by atoms with Crippen molar-refractivity contribution in [3.63, 3.8) is 0 Å². The van der Waals surface area contributed by atoms with Crippen LogP contribution in [0.3, 0.4) is 0 Å². The molecular formula is C15H28N2O3. The van der Waals surface area contributed by atoms with E-state index < -0.39 is 5.60 Å². The molecule has 1 heterocycles. The number of hydrogen-bond acceptors (Lipinski definition) is 3. The van der Waals surface area contributed by atoms with Gasteiger partial charge in [-0.3, -0.25) is 0 Å². The molecule has 20 heavy (non-hydrogen) atoms. The number of hydrogen-bond donors (Lipinski definition) is 3. The molecule has 0 bridgehead atoms.